The molecule has 0 radical (unpaired) electrons. The first-order chi connectivity index (χ1) is 11.2. The van der Waals surface area contributed by atoms with E-state index in [0.29, 0.717) is 12.5 Å². The van der Waals surface area contributed by atoms with Crippen molar-refractivity contribution in [2.75, 3.05) is 6.61 Å². The summed E-state index contributed by atoms with van der Waals surface area (Å²) >= 11 is 0. The van der Waals surface area contributed by atoms with E-state index in [1.54, 1.807) is 6.20 Å². The Morgan fingerprint density at radius 1 is 0.913 bits per heavy atom. The minimum Gasteiger partial charge on any atom is -0.490 e. The molecule has 1 aromatic carbocycles. The molecular weight excluding hydrogens is 290 g/mol. The maximum atomic E-state index is 5.88. The second-order valence-corrected chi connectivity index (χ2v) is 5.44. The van der Waals surface area contributed by atoms with E-state index in [4.69, 9.17) is 14.2 Å². The van der Waals surface area contributed by atoms with Gasteiger partial charge in [0.15, 0.2) is 0 Å². The summed E-state index contributed by atoms with van der Waals surface area (Å²) in [6, 6.07) is 13.3. The van der Waals surface area contributed by atoms with Gasteiger partial charge in [-0.2, -0.15) is 0 Å². The molecule has 1 aromatic heterocycles. The van der Waals surface area contributed by atoms with Gasteiger partial charge in [-0.15, -0.1) is 0 Å². The lowest BCUT2D eigenvalue weighted by Gasteiger charge is -2.17. The van der Waals surface area contributed by atoms with Crippen molar-refractivity contribution in [3.63, 3.8) is 0 Å². The number of rotatable bonds is 9. The predicted molar refractivity (Wildman–Crippen MR) is 91.3 cm³/mol. The highest BCUT2D eigenvalue weighted by molar-refractivity contribution is 5.31. The largest absolute Gasteiger partial charge is 0.490 e. The minimum absolute atomic E-state index is 0.0783. The van der Waals surface area contributed by atoms with E-state index < -0.39 is 0 Å². The number of pyridine rings is 1. The Morgan fingerprint density at radius 3 is 2.22 bits per heavy atom. The van der Waals surface area contributed by atoms with Crippen LogP contribution in [0.2, 0.25) is 0 Å². The maximum Gasteiger partial charge on any atom is 0.213 e. The van der Waals surface area contributed by atoms with Crippen molar-refractivity contribution in [3.8, 4) is 17.4 Å². The molecule has 0 saturated heterocycles. The lowest BCUT2D eigenvalue weighted by molar-refractivity contribution is 0.138. The number of aromatic nitrogens is 1. The van der Waals surface area contributed by atoms with Crippen molar-refractivity contribution in [1.29, 1.82) is 0 Å². The third-order valence-corrected chi connectivity index (χ3v) is 3.48. The van der Waals surface area contributed by atoms with E-state index in [0.717, 1.165) is 24.3 Å². The topological polar surface area (TPSA) is 40.6 Å². The zero-order valence-corrected chi connectivity index (χ0v) is 14.1. The molecule has 0 bridgehead atoms. The summed E-state index contributed by atoms with van der Waals surface area (Å²) in [6.07, 6.45) is 3.93. The monoisotopic (exact) mass is 315 g/mol. The van der Waals surface area contributed by atoms with Gasteiger partial charge in [-0.3, -0.25) is 0 Å². The molecule has 1 unspecified atom stereocenters. The van der Waals surface area contributed by atoms with Crippen LogP contribution in [-0.4, -0.2) is 23.8 Å². The van der Waals surface area contributed by atoms with Crippen LogP contribution in [0.4, 0.5) is 0 Å². The molecule has 2 aromatic rings. The summed E-state index contributed by atoms with van der Waals surface area (Å²) in [6.45, 7) is 6.69. The SMILES string of the molecule is CCC(CC)Oc1ccc(OCC(C)Oc2ccccn2)cc1. The molecule has 0 fully saturated rings. The number of ether oxygens (including phenoxy) is 3. The van der Waals surface area contributed by atoms with Gasteiger partial charge in [0.1, 0.15) is 24.2 Å². The van der Waals surface area contributed by atoms with Crippen LogP contribution in [0.25, 0.3) is 0 Å². The van der Waals surface area contributed by atoms with Crippen LogP contribution in [-0.2, 0) is 0 Å². The fourth-order valence-corrected chi connectivity index (χ4v) is 2.13. The number of hydrogen-bond donors (Lipinski definition) is 0. The van der Waals surface area contributed by atoms with Crippen LogP contribution in [0.1, 0.15) is 33.6 Å². The number of benzene rings is 1. The average molecular weight is 315 g/mol. The van der Waals surface area contributed by atoms with Crippen molar-refractivity contribution >= 4 is 0 Å². The Bertz CT molecular complexity index is 553. The van der Waals surface area contributed by atoms with Gasteiger partial charge in [-0.25, -0.2) is 4.98 Å². The molecule has 0 aliphatic rings. The summed E-state index contributed by atoms with van der Waals surface area (Å²) in [4.78, 5) is 4.13. The van der Waals surface area contributed by atoms with Gasteiger partial charge < -0.3 is 14.2 Å². The molecule has 0 saturated carbocycles. The van der Waals surface area contributed by atoms with Crippen LogP contribution in [0, 0.1) is 0 Å². The molecule has 2 rings (SSSR count). The molecule has 1 atom stereocenters. The molecule has 0 N–H and O–H groups in total. The van der Waals surface area contributed by atoms with Gasteiger partial charge in [0.2, 0.25) is 5.88 Å². The lowest BCUT2D eigenvalue weighted by atomic mass is 10.2. The minimum atomic E-state index is -0.0783. The first kappa shape index (κ1) is 17.1. The normalized spacial score (nSPS) is 12.0. The lowest BCUT2D eigenvalue weighted by Crippen LogP contribution is -2.21. The highest BCUT2D eigenvalue weighted by Gasteiger charge is 2.07. The Hall–Kier alpha value is -2.23. The van der Waals surface area contributed by atoms with E-state index in [1.165, 1.54) is 0 Å². The fourth-order valence-electron chi connectivity index (χ4n) is 2.13. The van der Waals surface area contributed by atoms with E-state index in [-0.39, 0.29) is 12.2 Å². The molecule has 1 heterocycles. The quantitative estimate of drug-likeness (QED) is 0.683. The van der Waals surface area contributed by atoms with Crippen LogP contribution in [0.5, 0.6) is 17.4 Å². The van der Waals surface area contributed by atoms with E-state index in [1.807, 2.05) is 49.4 Å². The van der Waals surface area contributed by atoms with Gasteiger partial charge in [0.25, 0.3) is 0 Å². The predicted octanol–water partition coefficient (Wildman–Crippen LogP) is 4.50. The Labute approximate surface area is 138 Å². The fraction of sp³-hybridized carbons (Fsp3) is 0.421. The highest BCUT2D eigenvalue weighted by atomic mass is 16.5. The number of hydrogen-bond acceptors (Lipinski definition) is 4. The molecule has 0 aliphatic carbocycles. The first-order valence-electron chi connectivity index (χ1n) is 8.18. The summed E-state index contributed by atoms with van der Waals surface area (Å²) in [5.74, 6) is 2.29. The zero-order chi connectivity index (χ0) is 16.5. The van der Waals surface area contributed by atoms with E-state index in [2.05, 4.69) is 18.8 Å². The first-order valence-corrected chi connectivity index (χ1v) is 8.18. The van der Waals surface area contributed by atoms with E-state index in [9.17, 15) is 0 Å². The van der Waals surface area contributed by atoms with Gasteiger partial charge in [0, 0.05) is 12.3 Å². The third kappa shape index (κ3) is 5.81. The molecule has 124 valence electrons. The maximum absolute atomic E-state index is 5.88. The van der Waals surface area contributed by atoms with Crippen molar-refractivity contribution in [3.05, 3.63) is 48.7 Å². The zero-order valence-electron chi connectivity index (χ0n) is 14.1. The Morgan fingerprint density at radius 2 is 1.61 bits per heavy atom. The second-order valence-electron chi connectivity index (χ2n) is 5.44. The molecule has 0 spiro atoms. The molecular formula is C19H25NO3. The molecule has 0 amide bonds. The smallest absolute Gasteiger partial charge is 0.213 e. The molecule has 4 nitrogen and oxygen atoms in total. The van der Waals surface area contributed by atoms with Crippen molar-refractivity contribution in [1.82, 2.24) is 4.98 Å². The van der Waals surface area contributed by atoms with Crippen LogP contribution >= 0.6 is 0 Å². The molecule has 0 aliphatic heterocycles. The summed E-state index contributed by atoms with van der Waals surface area (Å²) in [5.41, 5.74) is 0. The van der Waals surface area contributed by atoms with Crippen molar-refractivity contribution in [2.45, 2.75) is 45.8 Å². The third-order valence-electron chi connectivity index (χ3n) is 3.48. The van der Waals surface area contributed by atoms with Crippen molar-refractivity contribution < 1.29 is 14.2 Å². The molecule has 4 heteroatoms. The average Bonchev–Trinajstić information content (AvgIpc) is 2.60. The number of nitrogens with zero attached hydrogens (tertiary/aromatic N) is 1. The van der Waals surface area contributed by atoms with Crippen LogP contribution < -0.4 is 14.2 Å². The molecule has 23 heavy (non-hydrogen) atoms. The van der Waals surface area contributed by atoms with Gasteiger partial charge in [0.05, 0.1) is 6.10 Å². The summed E-state index contributed by atoms with van der Waals surface area (Å²) in [7, 11) is 0. The standard InChI is InChI=1S/C19H25NO3/c1-4-16(5-2)23-18-11-9-17(10-12-18)21-14-15(3)22-19-8-6-7-13-20-19/h6-13,15-16H,4-5,14H2,1-3H3. The van der Waals surface area contributed by atoms with Gasteiger partial charge in [-0.05, 0) is 50.1 Å². The summed E-state index contributed by atoms with van der Waals surface area (Å²) < 4.78 is 17.3. The summed E-state index contributed by atoms with van der Waals surface area (Å²) in [5, 5.41) is 0. The highest BCUT2D eigenvalue weighted by Crippen LogP contribution is 2.20. The Balaban J connectivity index is 1.79. The van der Waals surface area contributed by atoms with Crippen LogP contribution in [0.15, 0.2) is 48.7 Å². The van der Waals surface area contributed by atoms with Crippen molar-refractivity contribution in [2.24, 2.45) is 0 Å². The van der Waals surface area contributed by atoms with E-state index >= 15 is 0 Å². The Kier molecular flexibility index (Phi) is 6.73. The van der Waals surface area contributed by atoms with Crippen LogP contribution in [0.3, 0.4) is 0 Å². The van der Waals surface area contributed by atoms with Gasteiger partial charge >= 0.3 is 0 Å². The van der Waals surface area contributed by atoms with Gasteiger partial charge in [-0.1, -0.05) is 19.9 Å². The second kappa shape index (κ2) is 9.03.